The van der Waals surface area contributed by atoms with E-state index in [4.69, 9.17) is 20.8 Å². The molecule has 0 spiro atoms. The second-order valence-electron chi connectivity index (χ2n) is 9.32. The monoisotopic (exact) mass is 495 g/mol. The Kier molecular flexibility index (Phi) is 7.33. The first-order chi connectivity index (χ1) is 16.7. The summed E-state index contributed by atoms with van der Waals surface area (Å²) < 4.78 is 11.2. The summed E-state index contributed by atoms with van der Waals surface area (Å²) in [7, 11) is 0. The number of benzene rings is 2. The molecule has 1 N–H and O–H groups in total. The number of rotatable bonds is 7. The van der Waals surface area contributed by atoms with Gasteiger partial charge in [0, 0.05) is 41.5 Å². The molecule has 6 nitrogen and oxygen atoms in total. The number of carbonyl (C=O) groups excluding carboxylic acids is 1. The Balaban J connectivity index is 1.40. The number of ether oxygens (including phenoxy) is 1. The van der Waals surface area contributed by atoms with Crippen LogP contribution in [0.25, 0.3) is 11.0 Å². The number of likely N-dealkylation sites (tertiary alicyclic amines) is 1. The van der Waals surface area contributed by atoms with Gasteiger partial charge in [0.15, 0.2) is 0 Å². The van der Waals surface area contributed by atoms with Gasteiger partial charge >= 0.3 is 5.63 Å². The summed E-state index contributed by atoms with van der Waals surface area (Å²) in [6, 6.07) is 12.6. The van der Waals surface area contributed by atoms with Crippen LogP contribution in [0.15, 0.2) is 63.8 Å². The van der Waals surface area contributed by atoms with E-state index in [1.54, 1.807) is 23.1 Å². The lowest BCUT2D eigenvalue weighted by atomic mass is 9.84. The van der Waals surface area contributed by atoms with E-state index in [0.717, 1.165) is 22.1 Å². The maximum absolute atomic E-state index is 12.9. The fourth-order valence-corrected chi connectivity index (χ4v) is 4.65. The van der Waals surface area contributed by atoms with E-state index in [1.165, 1.54) is 0 Å². The molecule has 0 radical (unpaired) electrons. The molecule has 2 heterocycles. The minimum atomic E-state index is -0.968. The van der Waals surface area contributed by atoms with Crippen LogP contribution in [0.3, 0.4) is 0 Å². The largest absolute Gasteiger partial charge is 0.489 e. The number of fused-ring (bicyclic) bond motifs is 1. The van der Waals surface area contributed by atoms with Gasteiger partial charge in [0.2, 0.25) is 5.91 Å². The van der Waals surface area contributed by atoms with Gasteiger partial charge in [-0.15, -0.1) is 0 Å². The average molecular weight is 496 g/mol. The predicted octanol–water partition coefficient (Wildman–Crippen LogP) is 5.15. The van der Waals surface area contributed by atoms with Gasteiger partial charge in [-0.1, -0.05) is 30.3 Å². The van der Waals surface area contributed by atoms with Gasteiger partial charge in [-0.05, 0) is 74.1 Å². The summed E-state index contributed by atoms with van der Waals surface area (Å²) in [5, 5.41) is 12.5. The third kappa shape index (κ3) is 5.60. The van der Waals surface area contributed by atoms with Crippen LogP contribution in [-0.4, -0.2) is 35.6 Å². The van der Waals surface area contributed by atoms with E-state index in [1.807, 2.05) is 38.1 Å². The second-order valence-corrected chi connectivity index (χ2v) is 9.75. The van der Waals surface area contributed by atoms with Crippen LogP contribution in [0, 0.1) is 6.92 Å². The Morgan fingerprint density at radius 3 is 2.54 bits per heavy atom. The topological polar surface area (TPSA) is 80.0 Å². The molecule has 35 heavy (non-hydrogen) atoms. The molecule has 1 fully saturated rings. The number of carbonyl (C=O) groups is 1. The number of halogens is 1. The van der Waals surface area contributed by atoms with Gasteiger partial charge in [-0.2, -0.15) is 0 Å². The number of nitrogens with zero attached hydrogens (tertiary/aromatic N) is 1. The van der Waals surface area contributed by atoms with Gasteiger partial charge in [-0.3, -0.25) is 4.79 Å². The van der Waals surface area contributed by atoms with Crippen LogP contribution in [-0.2, 0) is 16.8 Å². The minimum Gasteiger partial charge on any atom is -0.489 e. The highest BCUT2D eigenvalue weighted by Crippen LogP contribution is 2.33. The van der Waals surface area contributed by atoms with Crippen molar-refractivity contribution < 1.29 is 19.1 Å². The first-order valence-electron chi connectivity index (χ1n) is 11.8. The fourth-order valence-electron chi connectivity index (χ4n) is 4.52. The van der Waals surface area contributed by atoms with Crippen molar-refractivity contribution in [1.82, 2.24) is 4.90 Å². The molecular formula is C28H30ClNO5. The Bertz CT molecular complexity index is 1300. The zero-order chi connectivity index (χ0) is 25.2. The maximum Gasteiger partial charge on any atom is 0.339 e. The van der Waals surface area contributed by atoms with E-state index in [-0.39, 0.29) is 12.3 Å². The standard InChI is InChI=1S/C28H30ClNO5/c1-18(2)17-34-22-8-9-23-19(3)24(27(32)35-25(23)16-22)10-11-26(31)30-14-12-28(33,13-15-30)20-4-6-21(29)7-5-20/h4-9,16,33H,1,10-15,17H2,2-3H3. The fraction of sp³-hybridized carbons (Fsp3) is 0.357. The van der Waals surface area contributed by atoms with E-state index in [2.05, 4.69) is 6.58 Å². The Labute approximate surface area is 209 Å². The summed E-state index contributed by atoms with van der Waals surface area (Å²) >= 11 is 5.96. The molecule has 1 aromatic heterocycles. The average Bonchev–Trinajstić information content (AvgIpc) is 2.83. The van der Waals surface area contributed by atoms with Gasteiger partial charge in [0.05, 0.1) is 5.60 Å². The molecule has 4 rings (SSSR count). The molecule has 7 heteroatoms. The molecule has 3 aromatic rings. The number of aliphatic hydroxyl groups is 1. The molecule has 0 atom stereocenters. The van der Waals surface area contributed by atoms with Crippen LogP contribution in [0.1, 0.15) is 42.9 Å². The van der Waals surface area contributed by atoms with Crippen molar-refractivity contribution in [3.8, 4) is 5.75 Å². The number of hydrogen-bond acceptors (Lipinski definition) is 5. The first kappa shape index (κ1) is 25.0. The van der Waals surface area contributed by atoms with Gasteiger partial charge in [-0.25, -0.2) is 4.79 Å². The lowest BCUT2D eigenvalue weighted by Gasteiger charge is -2.38. The van der Waals surface area contributed by atoms with Crippen molar-refractivity contribution >= 4 is 28.5 Å². The molecule has 184 valence electrons. The zero-order valence-corrected chi connectivity index (χ0v) is 20.9. The molecule has 1 saturated heterocycles. The molecule has 1 aliphatic rings. The summed E-state index contributed by atoms with van der Waals surface area (Å²) in [5.74, 6) is 0.570. The van der Waals surface area contributed by atoms with Crippen LogP contribution >= 0.6 is 11.6 Å². The molecule has 0 saturated carbocycles. The smallest absolute Gasteiger partial charge is 0.339 e. The van der Waals surface area contributed by atoms with Crippen molar-refractivity contribution in [3.63, 3.8) is 0 Å². The molecular weight excluding hydrogens is 466 g/mol. The molecule has 1 amide bonds. The summed E-state index contributed by atoms with van der Waals surface area (Å²) in [4.78, 5) is 27.3. The van der Waals surface area contributed by atoms with E-state index >= 15 is 0 Å². The number of hydrogen-bond donors (Lipinski definition) is 1. The Hall–Kier alpha value is -3.09. The molecule has 1 aliphatic heterocycles. The molecule has 0 aliphatic carbocycles. The highest BCUT2D eigenvalue weighted by atomic mass is 35.5. The normalized spacial score (nSPS) is 15.3. The molecule has 2 aromatic carbocycles. The van der Waals surface area contributed by atoms with Crippen LogP contribution in [0.4, 0.5) is 0 Å². The summed E-state index contributed by atoms with van der Waals surface area (Å²) in [6.07, 6.45) is 1.41. The van der Waals surface area contributed by atoms with Crippen molar-refractivity contribution in [2.24, 2.45) is 0 Å². The summed E-state index contributed by atoms with van der Waals surface area (Å²) in [6.45, 7) is 8.87. The first-order valence-corrected chi connectivity index (χ1v) is 12.1. The summed E-state index contributed by atoms with van der Waals surface area (Å²) in [5.41, 5.74) is 2.08. The van der Waals surface area contributed by atoms with Crippen molar-refractivity contribution in [2.45, 2.75) is 45.1 Å². The van der Waals surface area contributed by atoms with Gasteiger partial charge in [0.25, 0.3) is 0 Å². The van der Waals surface area contributed by atoms with Crippen LogP contribution in [0.2, 0.25) is 5.02 Å². The Morgan fingerprint density at radius 1 is 1.20 bits per heavy atom. The van der Waals surface area contributed by atoms with Crippen LogP contribution in [0.5, 0.6) is 5.75 Å². The third-order valence-electron chi connectivity index (χ3n) is 6.66. The van der Waals surface area contributed by atoms with Crippen molar-refractivity contribution in [3.05, 3.63) is 86.7 Å². The number of amides is 1. The number of piperidine rings is 1. The van der Waals surface area contributed by atoms with E-state index in [9.17, 15) is 14.7 Å². The van der Waals surface area contributed by atoms with Gasteiger partial charge < -0.3 is 19.2 Å². The van der Waals surface area contributed by atoms with Crippen LogP contribution < -0.4 is 10.4 Å². The van der Waals surface area contributed by atoms with E-state index < -0.39 is 11.2 Å². The Morgan fingerprint density at radius 2 is 1.89 bits per heavy atom. The SMILES string of the molecule is C=C(C)COc1ccc2c(C)c(CCC(=O)N3CCC(O)(c4ccc(Cl)cc4)CC3)c(=O)oc2c1. The van der Waals surface area contributed by atoms with Gasteiger partial charge in [0.1, 0.15) is 17.9 Å². The maximum atomic E-state index is 12.9. The van der Waals surface area contributed by atoms with Crippen molar-refractivity contribution in [2.75, 3.05) is 19.7 Å². The zero-order valence-electron chi connectivity index (χ0n) is 20.1. The lowest BCUT2D eigenvalue weighted by molar-refractivity contribution is -0.135. The molecule has 0 bridgehead atoms. The number of aryl methyl sites for hydroxylation is 1. The van der Waals surface area contributed by atoms with Crippen molar-refractivity contribution in [1.29, 1.82) is 0 Å². The highest BCUT2D eigenvalue weighted by molar-refractivity contribution is 6.30. The molecule has 0 unspecified atom stereocenters. The predicted molar refractivity (Wildman–Crippen MR) is 137 cm³/mol. The minimum absolute atomic E-state index is 0.0365. The quantitative estimate of drug-likeness (QED) is 0.362. The second kappa shape index (κ2) is 10.3. The highest BCUT2D eigenvalue weighted by Gasteiger charge is 2.35. The third-order valence-corrected chi connectivity index (χ3v) is 6.91. The van der Waals surface area contributed by atoms with E-state index in [0.29, 0.717) is 60.9 Å². The lowest BCUT2D eigenvalue weighted by Crippen LogP contribution is -2.45.